The van der Waals surface area contributed by atoms with E-state index in [2.05, 4.69) is 49.6 Å². The van der Waals surface area contributed by atoms with Crippen LogP contribution in [0.1, 0.15) is 49.9 Å². The standard InChI is InChI=1S/C29H30N6/c1-5-34(6-2)28-11-9-24(13-22(18-30)19-31)26(16-28)15-27-17-29(35(7-3)8-4)12-10-25(27)14-23(20-32)21-33/h9-14,16-17H,5-8,15H2,1-4H3. The fourth-order valence-corrected chi connectivity index (χ4v) is 4.04. The van der Waals surface area contributed by atoms with Gasteiger partial charge in [0.1, 0.15) is 35.4 Å². The Morgan fingerprint density at radius 1 is 0.629 bits per heavy atom. The molecule has 0 atom stereocenters. The first kappa shape index (κ1) is 26.7. The molecule has 0 aromatic heterocycles. The van der Waals surface area contributed by atoms with Gasteiger partial charge in [-0.05, 0) is 92.8 Å². The summed E-state index contributed by atoms with van der Waals surface area (Å²) in [5, 5.41) is 37.3. The van der Waals surface area contributed by atoms with Crippen molar-refractivity contribution in [2.24, 2.45) is 0 Å². The van der Waals surface area contributed by atoms with Crippen molar-refractivity contribution in [2.75, 3.05) is 36.0 Å². The molecule has 2 aromatic rings. The van der Waals surface area contributed by atoms with E-state index in [0.29, 0.717) is 6.42 Å². The van der Waals surface area contributed by atoms with E-state index < -0.39 is 0 Å². The molecule has 0 saturated heterocycles. The second kappa shape index (κ2) is 13.3. The lowest BCUT2D eigenvalue weighted by Crippen LogP contribution is -2.22. The lowest BCUT2D eigenvalue weighted by Gasteiger charge is -2.24. The van der Waals surface area contributed by atoms with Crippen LogP contribution in [-0.2, 0) is 6.42 Å². The Bertz CT molecular complexity index is 1130. The quantitative estimate of drug-likeness (QED) is 0.412. The summed E-state index contributed by atoms with van der Waals surface area (Å²) in [7, 11) is 0. The molecule has 0 N–H and O–H groups in total. The summed E-state index contributed by atoms with van der Waals surface area (Å²) in [5.74, 6) is 0. The van der Waals surface area contributed by atoms with Gasteiger partial charge in [-0.3, -0.25) is 0 Å². The predicted molar refractivity (Wildman–Crippen MR) is 141 cm³/mol. The van der Waals surface area contributed by atoms with Gasteiger partial charge in [0.25, 0.3) is 0 Å². The molecule has 6 heteroatoms. The molecule has 0 aliphatic heterocycles. The highest BCUT2D eigenvalue weighted by molar-refractivity contribution is 5.70. The number of anilines is 2. The third kappa shape index (κ3) is 6.74. The molecule has 0 aliphatic carbocycles. The van der Waals surface area contributed by atoms with Crippen molar-refractivity contribution in [3.8, 4) is 24.3 Å². The molecule has 0 radical (unpaired) electrons. The maximum Gasteiger partial charge on any atom is 0.130 e. The van der Waals surface area contributed by atoms with Crippen LogP contribution in [0.4, 0.5) is 11.4 Å². The number of nitrogens with zero attached hydrogens (tertiary/aromatic N) is 6. The predicted octanol–water partition coefficient (Wildman–Crippen LogP) is 5.83. The SMILES string of the molecule is CCN(CC)c1ccc(C=C(C#N)C#N)c(Cc2cc(N(CC)CC)ccc2C=C(C#N)C#N)c1. The van der Waals surface area contributed by atoms with Gasteiger partial charge in [-0.2, -0.15) is 21.0 Å². The van der Waals surface area contributed by atoms with Gasteiger partial charge in [-0.25, -0.2) is 0 Å². The molecule has 0 amide bonds. The molecule has 2 rings (SSSR count). The Morgan fingerprint density at radius 2 is 0.971 bits per heavy atom. The summed E-state index contributed by atoms with van der Waals surface area (Å²) >= 11 is 0. The molecule has 0 fully saturated rings. The van der Waals surface area contributed by atoms with E-state index in [0.717, 1.165) is 59.8 Å². The normalized spacial score (nSPS) is 9.60. The van der Waals surface area contributed by atoms with Crippen LogP contribution in [0.2, 0.25) is 0 Å². The van der Waals surface area contributed by atoms with Crippen molar-refractivity contribution < 1.29 is 0 Å². The molecule has 2 aromatic carbocycles. The van der Waals surface area contributed by atoms with Crippen LogP contribution in [0, 0.1) is 45.3 Å². The molecule has 0 aliphatic rings. The van der Waals surface area contributed by atoms with Gasteiger partial charge in [-0.1, -0.05) is 12.1 Å². The number of nitriles is 4. The molecular formula is C29H30N6. The first-order valence-corrected chi connectivity index (χ1v) is 11.8. The van der Waals surface area contributed by atoms with E-state index in [9.17, 15) is 21.0 Å². The highest BCUT2D eigenvalue weighted by Gasteiger charge is 2.13. The second-order valence-electron chi connectivity index (χ2n) is 7.85. The van der Waals surface area contributed by atoms with E-state index in [1.54, 1.807) is 12.2 Å². The van der Waals surface area contributed by atoms with E-state index in [4.69, 9.17) is 0 Å². The van der Waals surface area contributed by atoms with E-state index in [-0.39, 0.29) is 11.1 Å². The minimum absolute atomic E-state index is 0.0371. The summed E-state index contributed by atoms with van der Waals surface area (Å²) in [6, 6.07) is 19.9. The van der Waals surface area contributed by atoms with Crippen molar-refractivity contribution >= 4 is 23.5 Å². The molecule has 0 unspecified atom stereocenters. The van der Waals surface area contributed by atoms with Crippen molar-refractivity contribution in [2.45, 2.75) is 34.1 Å². The minimum atomic E-state index is 0.0371. The minimum Gasteiger partial charge on any atom is -0.372 e. The third-order valence-corrected chi connectivity index (χ3v) is 5.97. The fraction of sp³-hybridized carbons (Fsp3) is 0.310. The van der Waals surface area contributed by atoms with Gasteiger partial charge >= 0.3 is 0 Å². The van der Waals surface area contributed by atoms with Gasteiger partial charge < -0.3 is 9.80 Å². The summed E-state index contributed by atoms with van der Waals surface area (Å²) in [6.07, 6.45) is 3.73. The van der Waals surface area contributed by atoms with E-state index in [1.165, 1.54) is 0 Å². The summed E-state index contributed by atoms with van der Waals surface area (Å²) in [4.78, 5) is 4.48. The Morgan fingerprint density at radius 3 is 1.26 bits per heavy atom. The average molecular weight is 463 g/mol. The molecule has 0 spiro atoms. The van der Waals surface area contributed by atoms with Gasteiger partial charge in [0.2, 0.25) is 0 Å². The number of hydrogen-bond acceptors (Lipinski definition) is 6. The number of allylic oxidation sites excluding steroid dienone is 2. The van der Waals surface area contributed by atoms with Crippen LogP contribution < -0.4 is 9.80 Å². The van der Waals surface area contributed by atoms with Gasteiger partial charge in [0.05, 0.1) is 0 Å². The van der Waals surface area contributed by atoms with Crippen LogP contribution in [-0.4, -0.2) is 26.2 Å². The van der Waals surface area contributed by atoms with E-state index in [1.807, 2.05) is 48.5 Å². The van der Waals surface area contributed by atoms with Gasteiger partial charge in [0.15, 0.2) is 0 Å². The molecule has 6 nitrogen and oxygen atoms in total. The van der Waals surface area contributed by atoms with Crippen molar-refractivity contribution in [3.63, 3.8) is 0 Å². The monoisotopic (exact) mass is 462 g/mol. The Kier molecular flexibility index (Phi) is 10.1. The van der Waals surface area contributed by atoms with Crippen molar-refractivity contribution in [1.82, 2.24) is 0 Å². The Balaban J connectivity index is 2.76. The summed E-state index contributed by atoms with van der Waals surface area (Å²) in [5.41, 5.74) is 5.70. The first-order valence-electron chi connectivity index (χ1n) is 11.8. The average Bonchev–Trinajstić information content (AvgIpc) is 2.89. The van der Waals surface area contributed by atoms with Gasteiger partial charge in [0, 0.05) is 37.6 Å². The topological polar surface area (TPSA) is 102 Å². The van der Waals surface area contributed by atoms with Crippen molar-refractivity contribution in [1.29, 1.82) is 21.0 Å². The summed E-state index contributed by atoms with van der Waals surface area (Å²) in [6.45, 7) is 11.8. The van der Waals surface area contributed by atoms with Gasteiger partial charge in [-0.15, -0.1) is 0 Å². The van der Waals surface area contributed by atoms with Crippen molar-refractivity contribution in [3.05, 3.63) is 69.8 Å². The second-order valence-corrected chi connectivity index (χ2v) is 7.85. The molecule has 0 saturated carbocycles. The third-order valence-electron chi connectivity index (χ3n) is 5.97. The smallest absolute Gasteiger partial charge is 0.130 e. The van der Waals surface area contributed by atoms with Crippen LogP contribution in [0.3, 0.4) is 0 Å². The van der Waals surface area contributed by atoms with Crippen LogP contribution in [0.25, 0.3) is 12.2 Å². The highest BCUT2D eigenvalue weighted by Crippen LogP contribution is 2.28. The number of hydrogen-bond donors (Lipinski definition) is 0. The zero-order valence-electron chi connectivity index (χ0n) is 20.8. The molecule has 176 valence electrons. The Labute approximate surface area is 208 Å². The van der Waals surface area contributed by atoms with E-state index >= 15 is 0 Å². The lowest BCUT2D eigenvalue weighted by atomic mass is 9.93. The molecule has 35 heavy (non-hydrogen) atoms. The maximum atomic E-state index is 9.31. The maximum absolute atomic E-state index is 9.31. The zero-order chi connectivity index (χ0) is 25.8. The number of rotatable bonds is 10. The number of benzene rings is 2. The zero-order valence-corrected chi connectivity index (χ0v) is 20.8. The Hall–Kier alpha value is -4.52. The van der Waals surface area contributed by atoms with Crippen LogP contribution >= 0.6 is 0 Å². The highest BCUT2D eigenvalue weighted by atomic mass is 15.1. The van der Waals surface area contributed by atoms with Crippen LogP contribution in [0.5, 0.6) is 0 Å². The molecular weight excluding hydrogens is 432 g/mol. The first-order chi connectivity index (χ1) is 17.0. The summed E-state index contributed by atoms with van der Waals surface area (Å²) < 4.78 is 0. The van der Waals surface area contributed by atoms with Crippen LogP contribution in [0.15, 0.2) is 47.5 Å². The molecule has 0 heterocycles. The lowest BCUT2D eigenvalue weighted by molar-refractivity contribution is 0.863. The largest absolute Gasteiger partial charge is 0.372 e. The molecule has 0 bridgehead atoms. The fourth-order valence-electron chi connectivity index (χ4n) is 4.04.